The van der Waals surface area contributed by atoms with Crippen molar-refractivity contribution in [3.8, 4) is 0 Å². The quantitative estimate of drug-likeness (QED) is 0.686. The van der Waals surface area contributed by atoms with Crippen LogP contribution in [0.25, 0.3) is 0 Å². The van der Waals surface area contributed by atoms with E-state index in [2.05, 4.69) is 18.7 Å². The fraction of sp³-hybridized carbons (Fsp3) is 1.00. The Hall–Kier alpha value is -0.290. The first kappa shape index (κ1) is 12.2. The molecule has 0 radical (unpaired) electrons. The Morgan fingerprint density at radius 3 is 2.06 bits per heavy atom. The number of hydrogen-bond acceptors (Lipinski definition) is 2. The molecular weight excluding hydrogens is 217 g/mol. The summed E-state index contributed by atoms with van der Waals surface area (Å²) in [6.45, 7) is 5.57. The molecular formula is C11H19F3N2. The molecule has 5 heteroatoms. The second-order valence-corrected chi connectivity index (χ2v) is 5.74. The number of nitrogens with zero attached hydrogens (tertiary/aromatic N) is 2. The summed E-state index contributed by atoms with van der Waals surface area (Å²) in [7, 11) is 2.04. The molecule has 0 aliphatic carbocycles. The smallest absolute Gasteiger partial charge is 0.300 e. The monoisotopic (exact) mass is 236 g/mol. The number of hydrogen-bond donors (Lipinski definition) is 0. The van der Waals surface area contributed by atoms with E-state index in [9.17, 15) is 13.2 Å². The Morgan fingerprint density at radius 2 is 1.69 bits per heavy atom. The van der Waals surface area contributed by atoms with Gasteiger partial charge in [0.05, 0.1) is 5.92 Å². The molecule has 2 aliphatic rings. The molecule has 0 N–H and O–H groups in total. The highest BCUT2D eigenvalue weighted by Gasteiger charge is 2.50. The third-order valence-corrected chi connectivity index (χ3v) is 4.14. The zero-order valence-corrected chi connectivity index (χ0v) is 10.0. The van der Waals surface area contributed by atoms with Crippen LogP contribution in [0.15, 0.2) is 0 Å². The maximum Gasteiger partial charge on any atom is 0.394 e. The van der Waals surface area contributed by atoms with Crippen LogP contribution in [0.5, 0.6) is 0 Å². The Bertz CT molecular complexity index is 269. The first-order valence-electron chi connectivity index (χ1n) is 5.72. The van der Waals surface area contributed by atoms with Crippen LogP contribution in [-0.4, -0.2) is 54.2 Å². The van der Waals surface area contributed by atoms with Crippen molar-refractivity contribution in [1.29, 1.82) is 0 Å². The third kappa shape index (κ3) is 2.07. The van der Waals surface area contributed by atoms with Crippen LogP contribution in [0, 0.1) is 5.92 Å². The molecule has 0 spiro atoms. The van der Waals surface area contributed by atoms with Gasteiger partial charge in [0.1, 0.15) is 0 Å². The molecule has 16 heavy (non-hydrogen) atoms. The summed E-state index contributed by atoms with van der Waals surface area (Å²) in [5, 5.41) is 0. The normalized spacial score (nSPS) is 33.0. The molecule has 2 saturated heterocycles. The topological polar surface area (TPSA) is 6.48 Å². The van der Waals surface area contributed by atoms with E-state index in [0.29, 0.717) is 6.04 Å². The summed E-state index contributed by atoms with van der Waals surface area (Å²) in [6, 6.07) is 0.304. The van der Waals surface area contributed by atoms with Crippen molar-refractivity contribution in [2.24, 2.45) is 5.92 Å². The highest BCUT2D eigenvalue weighted by molar-refractivity contribution is 4.99. The fourth-order valence-corrected chi connectivity index (χ4v) is 2.62. The van der Waals surface area contributed by atoms with Crippen molar-refractivity contribution in [1.82, 2.24) is 9.80 Å². The van der Waals surface area contributed by atoms with Crippen molar-refractivity contribution >= 4 is 0 Å². The van der Waals surface area contributed by atoms with Crippen LogP contribution >= 0.6 is 0 Å². The second kappa shape index (κ2) is 3.60. The lowest BCUT2D eigenvalue weighted by Gasteiger charge is -2.43. The van der Waals surface area contributed by atoms with Gasteiger partial charge in [-0.15, -0.1) is 0 Å². The average molecular weight is 236 g/mol. The lowest BCUT2D eigenvalue weighted by Crippen LogP contribution is -2.57. The van der Waals surface area contributed by atoms with Gasteiger partial charge in [-0.05, 0) is 27.3 Å². The Morgan fingerprint density at radius 1 is 1.12 bits per heavy atom. The second-order valence-electron chi connectivity index (χ2n) is 5.74. The molecule has 0 aromatic rings. The van der Waals surface area contributed by atoms with Gasteiger partial charge in [-0.1, -0.05) is 0 Å². The van der Waals surface area contributed by atoms with Gasteiger partial charge in [-0.3, -0.25) is 9.80 Å². The van der Waals surface area contributed by atoms with Gasteiger partial charge in [-0.2, -0.15) is 13.2 Å². The molecule has 2 aliphatic heterocycles. The summed E-state index contributed by atoms with van der Waals surface area (Å²) in [4.78, 5) is 4.21. The fourth-order valence-electron chi connectivity index (χ4n) is 2.62. The van der Waals surface area contributed by atoms with Gasteiger partial charge in [0, 0.05) is 31.2 Å². The van der Waals surface area contributed by atoms with E-state index < -0.39 is 12.1 Å². The van der Waals surface area contributed by atoms with E-state index in [1.807, 2.05) is 11.9 Å². The minimum atomic E-state index is -4.00. The highest BCUT2D eigenvalue weighted by Crippen LogP contribution is 2.38. The van der Waals surface area contributed by atoms with Crippen LogP contribution in [0.2, 0.25) is 0 Å². The first-order chi connectivity index (χ1) is 7.20. The summed E-state index contributed by atoms with van der Waals surface area (Å²) in [5.41, 5.74) is 0.119. The third-order valence-electron chi connectivity index (χ3n) is 4.14. The molecule has 0 aromatic carbocycles. The van der Waals surface area contributed by atoms with E-state index in [-0.39, 0.29) is 18.6 Å². The number of likely N-dealkylation sites (N-methyl/N-ethyl adjacent to an activating group) is 1. The Labute approximate surface area is 94.4 Å². The summed E-state index contributed by atoms with van der Waals surface area (Å²) in [5.74, 6) is -1.10. The largest absolute Gasteiger partial charge is 0.394 e. The van der Waals surface area contributed by atoms with Crippen LogP contribution in [-0.2, 0) is 0 Å². The van der Waals surface area contributed by atoms with Crippen LogP contribution in [0.1, 0.15) is 20.3 Å². The zero-order valence-electron chi connectivity index (χ0n) is 10.0. The van der Waals surface area contributed by atoms with Gasteiger partial charge in [-0.25, -0.2) is 0 Å². The molecule has 1 unspecified atom stereocenters. The molecule has 2 rings (SSSR count). The van der Waals surface area contributed by atoms with Crippen molar-refractivity contribution in [3.05, 3.63) is 0 Å². The molecule has 0 aromatic heterocycles. The minimum Gasteiger partial charge on any atom is -0.300 e. The molecule has 2 fully saturated rings. The summed E-state index contributed by atoms with van der Waals surface area (Å²) >= 11 is 0. The van der Waals surface area contributed by atoms with Gasteiger partial charge >= 0.3 is 6.18 Å². The van der Waals surface area contributed by atoms with Crippen molar-refractivity contribution in [3.63, 3.8) is 0 Å². The van der Waals surface area contributed by atoms with Crippen molar-refractivity contribution in [2.75, 3.05) is 26.7 Å². The number of halogens is 3. The molecule has 1 atom stereocenters. The maximum absolute atomic E-state index is 12.4. The molecule has 2 nitrogen and oxygen atoms in total. The molecule has 2 heterocycles. The molecule has 0 amide bonds. The standard InChI is InChI=1S/C11H19F3N2/c1-10(2)4-9(7-15(10)3)16-5-8(6-16)11(12,13)14/h8-9H,4-7H2,1-3H3. The maximum atomic E-state index is 12.4. The van der Waals surface area contributed by atoms with E-state index in [1.54, 1.807) is 0 Å². The van der Waals surface area contributed by atoms with E-state index >= 15 is 0 Å². The van der Waals surface area contributed by atoms with Crippen LogP contribution < -0.4 is 0 Å². The lowest BCUT2D eigenvalue weighted by molar-refractivity contribution is -0.213. The predicted molar refractivity (Wildman–Crippen MR) is 56.2 cm³/mol. The molecule has 94 valence electrons. The SMILES string of the molecule is CN1CC(N2CC(C(F)(F)F)C2)CC1(C)C. The predicted octanol–water partition coefficient (Wildman–Crippen LogP) is 1.96. The number of alkyl halides is 3. The minimum absolute atomic E-state index is 0.119. The number of rotatable bonds is 1. The van der Waals surface area contributed by atoms with E-state index in [1.165, 1.54) is 0 Å². The van der Waals surface area contributed by atoms with E-state index in [0.717, 1.165) is 13.0 Å². The molecule has 0 bridgehead atoms. The number of likely N-dealkylation sites (tertiary alicyclic amines) is 2. The van der Waals surface area contributed by atoms with Gasteiger partial charge in [0.25, 0.3) is 0 Å². The summed E-state index contributed by atoms with van der Waals surface area (Å²) < 4.78 is 37.1. The van der Waals surface area contributed by atoms with Gasteiger partial charge in [0.2, 0.25) is 0 Å². The molecule has 0 saturated carbocycles. The van der Waals surface area contributed by atoms with Crippen LogP contribution in [0.3, 0.4) is 0 Å². The van der Waals surface area contributed by atoms with E-state index in [4.69, 9.17) is 0 Å². The highest BCUT2D eigenvalue weighted by atomic mass is 19.4. The zero-order chi connectivity index (χ0) is 12.1. The van der Waals surface area contributed by atoms with Crippen molar-refractivity contribution < 1.29 is 13.2 Å². The Kier molecular flexibility index (Phi) is 2.74. The lowest BCUT2D eigenvalue weighted by atomic mass is 9.93. The Balaban J connectivity index is 1.86. The summed E-state index contributed by atoms with van der Waals surface area (Å²) in [6.07, 6.45) is -3.04. The van der Waals surface area contributed by atoms with Gasteiger partial charge in [0.15, 0.2) is 0 Å². The first-order valence-corrected chi connectivity index (χ1v) is 5.72. The van der Waals surface area contributed by atoms with Crippen LogP contribution in [0.4, 0.5) is 13.2 Å². The average Bonchev–Trinajstić information content (AvgIpc) is 2.19. The van der Waals surface area contributed by atoms with Gasteiger partial charge < -0.3 is 0 Å². The van der Waals surface area contributed by atoms with Crippen molar-refractivity contribution in [2.45, 2.75) is 38.0 Å².